The number of nitrogens with zero attached hydrogens (tertiary/aromatic N) is 2. The molecule has 1 aromatic heterocycles. The summed E-state index contributed by atoms with van der Waals surface area (Å²) in [5.74, 6) is -0.450. The number of nitrogen functional groups attached to an aromatic ring is 1. The smallest absolute Gasteiger partial charge is 0.265 e. The van der Waals surface area contributed by atoms with E-state index in [1.807, 2.05) is 13.8 Å². The van der Waals surface area contributed by atoms with Crippen LogP contribution in [0, 0.1) is 0 Å². The number of amides is 1. The third-order valence-corrected chi connectivity index (χ3v) is 5.31. The molecule has 1 heterocycles. The Hall–Kier alpha value is -1.39. The fraction of sp³-hybridized carbons (Fsp3) is 0.636. The number of carbonyl (C=O) groups is 1. The average Bonchev–Trinajstić information content (AvgIpc) is 2.68. The molecule has 4 N–H and O–H groups in total. The van der Waals surface area contributed by atoms with Crippen LogP contribution in [0.2, 0.25) is 0 Å². The van der Waals surface area contributed by atoms with Gasteiger partial charge in [-0.15, -0.1) is 0 Å². The first-order valence-electron chi connectivity index (χ1n) is 6.34. The highest BCUT2D eigenvalue weighted by Crippen LogP contribution is 2.25. The normalized spacial score (nSPS) is 11.9. The molecule has 0 bridgehead atoms. The molecule has 0 aliphatic rings. The van der Waals surface area contributed by atoms with Crippen molar-refractivity contribution in [1.82, 2.24) is 14.6 Å². The third-order valence-electron chi connectivity index (χ3n) is 2.47. The number of rotatable bonds is 7. The molecule has 1 rings (SSSR count). The summed E-state index contributed by atoms with van der Waals surface area (Å²) in [6.45, 7) is 3.91. The van der Waals surface area contributed by atoms with Gasteiger partial charge in [0, 0.05) is 26.7 Å². The molecule has 10 heteroatoms. The predicted molar refractivity (Wildman–Crippen MR) is 85.1 cm³/mol. The van der Waals surface area contributed by atoms with E-state index < -0.39 is 15.9 Å². The van der Waals surface area contributed by atoms with E-state index in [1.165, 1.54) is 14.1 Å². The van der Waals surface area contributed by atoms with Crippen molar-refractivity contribution in [2.45, 2.75) is 19.9 Å². The number of anilines is 2. The van der Waals surface area contributed by atoms with Crippen LogP contribution in [0.5, 0.6) is 0 Å². The lowest BCUT2D eigenvalue weighted by Gasteiger charge is -2.11. The number of nitrogens with one attached hydrogen (secondary N) is 2. The maximum Gasteiger partial charge on any atom is 0.265 e. The Labute approximate surface area is 128 Å². The summed E-state index contributed by atoms with van der Waals surface area (Å²) in [6.07, 6.45) is 0. The van der Waals surface area contributed by atoms with E-state index in [9.17, 15) is 13.2 Å². The Balaban J connectivity index is 2.62. The molecule has 0 radical (unpaired) electrons. The van der Waals surface area contributed by atoms with Gasteiger partial charge in [-0.05, 0) is 13.8 Å². The maximum atomic E-state index is 12.0. The second-order valence-electron chi connectivity index (χ2n) is 4.89. The van der Waals surface area contributed by atoms with Gasteiger partial charge in [-0.1, -0.05) is 11.3 Å². The monoisotopic (exact) mass is 335 g/mol. The number of carbonyl (C=O) groups excluding carboxylic acids is 1. The van der Waals surface area contributed by atoms with E-state index in [1.54, 1.807) is 0 Å². The molecule has 0 saturated carbocycles. The predicted octanol–water partition coefficient (Wildman–Crippen LogP) is 0.167. The SMILES string of the molecule is CC(C)Nc1nc(N)c(C(=O)NCCS(=O)(=O)N(C)C)s1. The number of aromatic nitrogens is 1. The maximum absolute atomic E-state index is 12.0. The van der Waals surface area contributed by atoms with Crippen LogP contribution < -0.4 is 16.4 Å². The fourth-order valence-corrected chi connectivity index (χ4v) is 3.03. The van der Waals surface area contributed by atoms with Gasteiger partial charge in [0.2, 0.25) is 10.0 Å². The minimum atomic E-state index is -3.33. The highest BCUT2D eigenvalue weighted by atomic mass is 32.2. The van der Waals surface area contributed by atoms with Crippen LogP contribution in [0.3, 0.4) is 0 Å². The third kappa shape index (κ3) is 5.14. The summed E-state index contributed by atoms with van der Waals surface area (Å²) in [4.78, 5) is 16.3. The first-order chi connectivity index (χ1) is 9.63. The van der Waals surface area contributed by atoms with Gasteiger partial charge in [-0.2, -0.15) is 0 Å². The van der Waals surface area contributed by atoms with Gasteiger partial charge in [0.05, 0.1) is 5.75 Å². The molecule has 0 aromatic carbocycles. The van der Waals surface area contributed by atoms with Gasteiger partial charge in [0.1, 0.15) is 10.7 Å². The number of hydrogen-bond acceptors (Lipinski definition) is 7. The van der Waals surface area contributed by atoms with Gasteiger partial charge in [-0.25, -0.2) is 17.7 Å². The molecule has 120 valence electrons. The van der Waals surface area contributed by atoms with Crippen molar-refractivity contribution in [3.63, 3.8) is 0 Å². The number of hydrogen-bond donors (Lipinski definition) is 3. The standard InChI is InChI=1S/C11H21N5O3S2/c1-7(2)14-11-15-9(12)8(20-11)10(17)13-5-6-21(18,19)16(3)4/h7H,5-6,12H2,1-4H3,(H,13,17)(H,14,15). The number of nitrogens with two attached hydrogens (primary N) is 1. The average molecular weight is 335 g/mol. The Morgan fingerprint density at radius 3 is 2.57 bits per heavy atom. The lowest BCUT2D eigenvalue weighted by molar-refractivity contribution is 0.0960. The molecule has 0 unspecified atom stereocenters. The molecule has 1 amide bonds. The fourth-order valence-electron chi connectivity index (χ4n) is 1.36. The Bertz CT molecular complexity index is 595. The Kier molecular flexibility index (Phi) is 5.93. The molecule has 0 fully saturated rings. The van der Waals surface area contributed by atoms with Gasteiger partial charge in [0.25, 0.3) is 5.91 Å². The molecule has 0 atom stereocenters. The topological polar surface area (TPSA) is 117 Å². The molecular weight excluding hydrogens is 314 g/mol. The van der Waals surface area contributed by atoms with E-state index in [0.717, 1.165) is 15.6 Å². The first-order valence-corrected chi connectivity index (χ1v) is 8.77. The number of thiazole rings is 1. The summed E-state index contributed by atoms with van der Waals surface area (Å²) >= 11 is 1.14. The summed E-state index contributed by atoms with van der Waals surface area (Å²) in [5, 5.41) is 6.16. The van der Waals surface area contributed by atoms with Crippen LogP contribution in [0.1, 0.15) is 23.5 Å². The highest BCUT2D eigenvalue weighted by molar-refractivity contribution is 7.89. The molecule has 0 aliphatic heterocycles. The van der Waals surface area contributed by atoms with E-state index in [4.69, 9.17) is 5.73 Å². The minimum absolute atomic E-state index is 0.0175. The molecule has 0 saturated heterocycles. The first kappa shape index (κ1) is 17.7. The zero-order chi connectivity index (χ0) is 16.2. The largest absolute Gasteiger partial charge is 0.382 e. The second-order valence-corrected chi connectivity index (χ2v) is 8.19. The molecule has 8 nitrogen and oxygen atoms in total. The van der Waals surface area contributed by atoms with Crippen LogP contribution in [0.25, 0.3) is 0 Å². The number of sulfonamides is 1. The van der Waals surface area contributed by atoms with Crippen molar-refractivity contribution in [3.05, 3.63) is 4.88 Å². The highest BCUT2D eigenvalue weighted by Gasteiger charge is 2.18. The van der Waals surface area contributed by atoms with E-state index in [-0.39, 0.29) is 29.0 Å². The van der Waals surface area contributed by atoms with E-state index in [0.29, 0.717) is 5.13 Å². The summed E-state index contributed by atoms with van der Waals surface area (Å²) in [6, 6.07) is 0.177. The van der Waals surface area contributed by atoms with Crippen molar-refractivity contribution in [1.29, 1.82) is 0 Å². The zero-order valence-electron chi connectivity index (χ0n) is 12.5. The summed E-state index contributed by atoms with van der Waals surface area (Å²) < 4.78 is 24.3. The van der Waals surface area contributed by atoms with Crippen molar-refractivity contribution < 1.29 is 13.2 Å². The van der Waals surface area contributed by atoms with Crippen molar-refractivity contribution >= 4 is 38.2 Å². The van der Waals surface area contributed by atoms with Crippen molar-refractivity contribution in [3.8, 4) is 0 Å². The van der Waals surface area contributed by atoms with Crippen LogP contribution in [-0.4, -0.2) is 56.0 Å². The minimum Gasteiger partial charge on any atom is -0.382 e. The van der Waals surface area contributed by atoms with Crippen LogP contribution in [-0.2, 0) is 10.0 Å². The molecule has 1 aromatic rings. The van der Waals surface area contributed by atoms with E-state index in [2.05, 4.69) is 15.6 Å². The van der Waals surface area contributed by atoms with Gasteiger partial charge in [0.15, 0.2) is 5.13 Å². The van der Waals surface area contributed by atoms with Crippen LogP contribution in [0.4, 0.5) is 10.9 Å². The quantitative estimate of drug-likeness (QED) is 0.654. The molecular formula is C11H21N5O3S2. The second kappa shape index (κ2) is 7.05. The van der Waals surface area contributed by atoms with Crippen molar-refractivity contribution in [2.75, 3.05) is 37.4 Å². The molecule has 21 heavy (non-hydrogen) atoms. The van der Waals surface area contributed by atoms with E-state index >= 15 is 0 Å². The lowest BCUT2D eigenvalue weighted by Crippen LogP contribution is -2.33. The van der Waals surface area contributed by atoms with Crippen LogP contribution >= 0.6 is 11.3 Å². The van der Waals surface area contributed by atoms with Crippen molar-refractivity contribution in [2.24, 2.45) is 0 Å². The Morgan fingerprint density at radius 2 is 2.05 bits per heavy atom. The van der Waals surface area contributed by atoms with Gasteiger partial charge >= 0.3 is 0 Å². The zero-order valence-corrected chi connectivity index (χ0v) is 14.1. The molecule has 0 spiro atoms. The lowest BCUT2D eigenvalue weighted by atomic mass is 10.4. The summed E-state index contributed by atoms with van der Waals surface area (Å²) in [7, 11) is -0.441. The summed E-state index contributed by atoms with van der Waals surface area (Å²) in [5.41, 5.74) is 5.70. The van der Waals surface area contributed by atoms with Crippen LogP contribution in [0.15, 0.2) is 0 Å². The Morgan fingerprint density at radius 1 is 1.43 bits per heavy atom. The molecule has 0 aliphatic carbocycles. The van der Waals surface area contributed by atoms with Gasteiger partial charge in [-0.3, -0.25) is 4.79 Å². The van der Waals surface area contributed by atoms with Gasteiger partial charge < -0.3 is 16.4 Å².